The molecule has 0 aromatic heterocycles. The maximum atomic E-state index is 5.18. The van der Waals surface area contributed by atoms with Gasteiger partial charge in [0.2, 0.25) is 0 Å². The molecule has 12 heavy (non-hydrogen) atoms. The summed E-state index contributed by atoms with van der Waals surface area (Å²) < 4.78 is 0. The number of rotatable bonds is 3. The molecule has 0 aliphatic rings. The van der Waals surface area contributed by atoms with Gasteiger partial charge < -0.3 is 0 Å². The van der Waals surface area contributed by atoms with Crippen LogP contribution in [0.2, 0.25) is 0 Å². The lowest BCUT2D eigenvalue weighted by Gasteiger charge is -2.10. The van der Waals surface area contributed by atoms with Gasteiger partial charge in [-0.25, -0.2) is 0 Å². The Balaban J connectivity index is 2.95. The zero-order chi connectivity index (χ0) is 8.97. The molecule has 0 bridgehead atoms. The maximum Gasteiger partial charge on any atom is 0.0367 e. The minimum Gasteiger partial charge on any atom is -0.143 e. The van der Waals surface area contributed by atoms with Gasteiger partial charge in [0, 0.05) is 11.6 Å². The smallest absolute Gasteiger partial charge is 0.0367 e. The van der Waals surface area contributed by atoms with Crippen LogP contribution >= 0.6 is 18.1 Å². The second kappa shape index (κ2) is 4.86. The molecule has 0 fully saturated rings. The van der Waals surface area contributed by atoms with E-state index in [9.17, 15) is 0 Å². The molecule has 0 saturated carbocycles. The van der Waals surface area contributed by atoms with E-state index in [2.05, 4.69) is 31.0 Å². The summed E-state index contributed by atoms with van der Waals surface area (Å²) in [6, 6.07) is 10.2. The summed E-state index contributed by atoms with van der Waals surface area (Å²) in [6.07, 6.45) is 1.89. The van der Waals surface area contributed by atoms with Crippen molar-refractivity contribution in [2.75, 3.05) is 0 Å². The van der Waals surface area contributed by atoms with Crippen molar-refractivity contribution in [3.8, 4) is 0 Å². The molecule has 2 atom stereocenters. The fourth-order valence-corrected chi connectivity index (χ4v) is 3.18. The molecule has 0 aliphatic carbocycles. The van der Waals surface area contributed by atoms with Crippen molar-refractivity contribution in [1.29, 1.82) is 0 Å². The average molecular weight is 214 g/mol. The number of hydrogen-bond donors (Lipinski definition) is 1. The summed E-state index contributed by atoms with van der Waals surface area (Å²) in [5.74, 6) is -1.02. The SMILES string of the molecule is C=CC(c1ccccc1)[PH](=S)S. The van der Waals surface area contributed by atoms with Crippen LogP contribution in [0.1, 0.15) is 11.2 Å². The van der Waals surface area contributed by atoms with Gasteiger partial charge in [-0.05, 0) is 5.56 Å². The zero-order valence-electron chi connectivity index (χ0n) is 6.60. The molecule has 0 amide bonds. The van der Waals surface area contributed by atoms with Crippen LogP contribution in [-0.2, 0) is 11.8 Å². The van der Waals surface area contributed by atoms with Gasteiger partial charge in [-0.2, -0.15) is 0 Å². The van der Waals surface area contributed by atoms with Crippen LogP contribution in [0.5, 0.6) is 0 Å². The molecule has 1 rings (SSSR count). The third kappa shape index (κ3) is 2.48. The zero-order valence-corrected chi connectivity index (χ0v) is 9.31. The molecule has 1 aromatic rings. The fourth-order valence-electron chi connectivity index (χ4n) is 1.04. The van der Waals surface area contributed by atoms with Crippen molar-refractivity contribution >= 4 is 30.0 Å². The Kier molecular flexibility index (Phi) is 4.07. The number of allylic oxidation sites excluding steroid dienone is 1. The van der Waals surface area contributed by atoms with Gasteiger partial charge in [0.05, 0.1) is 0 Å². The van der Waals surface area contributed by atoms with Crippen molar-refractivity contribution in [3.63, 3.8) is 0 Å². The Morgan fingerprint density at radius 1 is 1.42 bits per heavy atom. The standard InChI is InChI=1S/C9H11PS2/c1-2-9(10(11)12)8-6-4-3-5-7-8/h2-7,9-10H,1H2,(H,11,12). The first-order valence-electron chi connectivity index (χ1n) is 3.66. The largest absolute Gasteiger partial charge is 0.143 e. The number of hydrogen-bond acceptors (Lipinski definition) is 1. The molecule has 0 heterocycles. The van der Waals surface area contributed by atoms with Crippen LogP contribution in [0.3, 0.4) is 0 Å². The van der Waals surface area contributed by atoms with Crippen molar-refractivity contribution in [2.24, 2.45) is 0 Å². The predicted octanol–water partition coefficient (Wildman–Crippen LogP) is 3.43. The first-order chi connectivity index (χ1) is 5.75. The van der Waals surface area contributed by atoms with Gasteiger partial charge in [-0.3, -0.25) is 0 Å². The monoisotopic (exact) mass is 214 g/mol. The van der Waals surface area contributed by atoms with E-state index in [1.807, 2.05) is 24.3 Å². The summed E-state index contributed by atoms with van der Waals surface area (Å²) in [5, 5.41) is 0. The normalized spacial score (nSPS) is 15.1. The highest BCUT2D eigenvalue weighted by Gasteiger charge is 2.07. The highest BCUT2D eigenvalue weighted by molar-refractivity contribution is 8.56. The van der Waals surface area contributed by atoms with Crippen molar-refractivity contribution in [2.45, 2.75) is 5.66 Å². The molecule has 0 nitrogen and oxygen atoms in total. The molecule has 2 unspecified atom stereocenters. The average Bonchev–Trinajstić information content (AvgIpc) is 2.07. The van der Waals surface area contributed by atoms with Crippen molar-refractivity contribution < 1.29 is 0 Å². The second-order valence-corrected chi connectivity index (χ2v) is 7.43. The highest BCUT2D eigenvalue weighted by Crippen LogP contribution is 2.45. The second-order valence-electron chi connectivity index (χ2n) is 2.46. The van der Waals surface area contributed by atoms with E-state index in [0.717, 1.165) is 0 Å². The van der Waals surface area contributed by atoms with E-state index in [-0.39, 0.29) is 5.66 Å². The molecule has 0 radical (unpaired) electrons. The summed E-state index contributed by atoms with van der Waals surface area (Å²) in [4.78, 5) is 0. The Labute approximate surface area is 84.3 Å². The molecule has 3 heteroatoms. The first kappa shape index (κ1) is 10.0. The van der Waals surface area contributed by atoms with E-state index >= 15 is 0 Å². The van der Waals surface area contributed by atoms with Crippen LogP contribution < -0.4 is 0 Å². The lowest BCUT2D eigenvalue weighted by molar-refractivity contribution is 1.24. The van der Waals surface area contributed by atoms with Gasteiger partial charge in [-0.15, -0.1) is 18.8 Å². The Morgan fingerprint density at radius 2 is 2.00 bits per heavy atom. The van der Waals surface area contributed by atoms with E-state index in [1.165, 1.54) is 5.56 Å². The van der Waals surface area contributed by atoms with Gasteiger partial charge in [0.15, 0.2) is 0 Å². The van der Waals surface area contributed by atoms with Crippen LogP contribution in [0.4, 0.5) is 0 Å². The van der Waals surface area contributed by atoms with Gasteiger partial charge in [0.1, 0.15) is 0 Å². The predicted molar refractivity (Wildman–Crippen MR) is 64.0 cm³/mol. The molecule has 0 N–H and O–H groups in total. The van der Waals surface area contributed by atoms with Gasteiger partial charge >= 0.3 is 0 Å². The minimum atomic E-state index is -1.02. The Hall–Kier alpha value is -0.0400. The molecule has 1 aromatic carbocycles. The van der Waals surface area contributed by atoms with E-state index in [1.54, 1.807) is 0 Å². The van der Waals surface area contributed by atoms with Crippen LogP contribution in [0.25, 0.3) is 0 Å². The quantitative estimate of drug-likeness (QED) is 0.457. The van der Waals surface area contributed by atoms with Gasteiger partial charge in [-0.1, -0.05) is 48.2 Å². The van der Waals surface area contributed by atoms with E-state index in [4.69, 9.17) is 11.8 Å². The molecule has 0 spiro atoms. The molecule has 64 valence electrons. The van der Waals surface area contributed by atoms with Crippen LogP contribution in [0, 0.1) is 0 Å². The molecular formula is C9H11PS2. The number of benzene rings is 1. The third-order valence-corrected chi connectivity index (χ3v) is 4.36. The Bertz CT molecular complexity index is 282. The third-order valence-electron chi connectivity index (χ3n) is 1.66. The summed E-state index contributed by atoms with van der Waals surface area (Å²) in [7, 11) is 0. The summed E-state index contributed by atoms with van der Waals surface area (Å²) in [5.41, 5.74) is 1.50. The lowest BCUT2D eigenvalue weighted by atomic mass is 10.1. The van der Waals surface area contributed by atoms with Crippen molar-refractivity contribution in [1.82, 2.24) is 0 Å². The number of thiol groups is 1. The summed E-state index contributed by atoms with van der Waals surface area (Å²) >= 11 is 9.51. The molecule has 0 aliphatic heterocycles. The van der Waals surface area contributed by atoms with Crippen molar-refractivity contribution in [3.05, 3.63) is 48.6 Å². The van der Waals surface area contributed by atoms with Crippen LogP contribution in [-0.4, -0.2) is 0 Å². The van der Waals surface area contributed by atoms with Crippen LogP contribution in [0.15, 0.2) is 43.0 Å². The lowest BCUT2D eigenvalue weighted by Crippen LogP contribution is -1.85. The highest BCUT2D eigenvalue weighted by atomic mass is 32.9. The van der Waals surface area contributed by atoms with E-state index in [0.29, 0.717) is 0 Å². The first-order valence-corrected chi connectivity index (χ1v) is 7.66. The van der Waals surface area contributed by atoms with Gasteiger partial charge in [0.25, 0.3) is 0 Å². The fraction of sp³-hybridized carbons (Fsp3) is 0.111. The molecular weight excluding hydrogens is 203 g/mol. The topological polar surface area (TPSA) is 0 Å². The maximum absolute atomic E-state index is 5.18. The minimum absolute atomic E-state index is 0.273. The molecule has 0 saturated heterocycles. The Morgan fingerprint density at radius 3 is 2.42 bits per heavy atom. The van der Waals surface area contributed by atoms with E-state index < -0.39 is 5.90 Å². The summed E-state index contributed by atoms with van der Waals surface area (Å²) in [6.45, 7) is 3.77.